The summed E-state index contributed by atoms with van der Waals surface area (Å²) in [5.74, 6) is 0.0677. The minimum atomic E-state index is -0.652. The van der Waals surface area contributed by atoms with Crippen molar-refractivity contribution < 1.29 is 18.3 Å². The molecular formula is C19H19F2N5O2. The fraction of sp³-hybridized carbons (Fsp3) is 0.368. The number of hydrogen-bond acceptors (Lipinski definition) is 5. The number of rotatable bonds is 3. The molecule has 3 aliphatic heterocycles. The van der Waals surface area contributed by atoms with Gasteiger partial charge in [0.1, 0.15) is 24.1 Å². The number of anilines is 1. The Morgan fingerprint density at radius 1 is 1.18 bits per heavy atom. The first-order valence-corrected chi connectivity index (χ1v) is 9.22. The highest BCUT2D eigenvalue weighted by molar-refractivity contribution is 5.93. The lowest BCUT2D eigenvalue weighted by molar-refractivity contribution is 0.218. The molecule has 2 saturated heterocycles. The van der Waals surface area contributed by atoms with Crippen molar-refractivity contribution in [2.75, 3.05) is 31.1 Å². The first-order chi connectivity index (χ1) is 13.6. The molecule has 0 radical (unpaired) electrons. The zero-order valence-electron chi connectivity index (χ0n) is 15.0. The van der Waals surface area contributed by atoms with Gasteiger partial charge < -0.3 is 9.64 Å². The molecule has 2 fully saturated rings. The molecule has 7 nitrogen and oxygen atoms in total. The Labute approximate surface area is 160 Å². The van der Waals surface area contributed by atoms with Gasteiger partial charge in [-0.2, -0.15) is 4.98 Å². The highest BCUT2D eigenvalue weighted by Gasteiger charge is 2.37. The van der Waals surface area contributed by atoms with Crippen molar-refractivity contribution in [3.05, 3.63) is 53.1 Å². The molecule has 1 aromatic heterocycles. The van der Waals surface area contributed by atoms with Gasteiger partial charge in [-0.3, -0.25) is 15.8 Å². The maximum absolute atomic E-state index is 13.4. The zero-order valence-corrected chi connectivity index (χ0v) is 15.0. The maximum atomic E-state index is 13.4. The van der Waals surface area contributed by atoms with Crippen LogP contribution in [0.15, 0.2) is 30.3 Å². The summed E-state index contributed by atoms with van der Waals surface area (Å²) in [5, 5.41) is 0. The number of carbonyl (C=O) groups is 1. The Morgan fingerprint density at radius 3 is 2.82 bits per heavy atom. The van der Waals surface area contributed by atoms with E-state index in [2.05, 4.69) is 15.8 Å². The Hall–Kier alpha value is -2.78. The molecule has 0 saturated carbocycles. The van der Waals surface area contributed by atoms with Crippen LogP contribution in [0, 0.1) is 11.6 Å². The van der Waals surface area contributed by atoms with Gasteiger partial charge in [0.15, 0.2) is 0 Å². The predicted molar refractivity (Wildman–Crippen MR) is 96.9 cm³/mol. The molecule has 2 unspecified atom stereocenters. The molecule has 2 atom stereocenters. The van der Waals surface area contributed by atoms with Crippen LogP contribution in [0.1, 0.15) is 17.0 Å². The molecule has 5 rings (SSSR count). The number of carbonyl (C=O) groups excluding carboxylic acids is 1. The Morgan fingerprint density at radius 2 is 2.00 bits per heavy atom. The van der Waals surface area contributed by atoms with Gasteiger partial charge in [0.05, 0.1) is 6.04 Å². The van der Waals surface area contributed by atoms with E-state index < -0.39 is 11.6 Å². The molecule has 9 heteroatoms. The lowest BCUT2D eigenvalue weighted by Crippen LogP contribution is -2.39. The topological polar surface area (TPSA) is 69.7 Å². The van der Waals surface area contributed by atoms with Crippen molar-refractivity contribution >= 4 is 11.8 Å². The van der Waals surface area contributed by atoms with Crippen molar-refractivity contribution in [2.24, 2.45) is 0 Å². The third-order valence-electron chi connectivity index (χ3n) is 5.44. The number of hydrogen-bond donors (Lipinski definition) is 2. The van der Waals surface area contributed by atoms with Crippen molar-refractivity contribution in [3.63, 3.8) is 0 Å². The van der Waals surface area contributed by atoms with E-state index in [1.807, 2.05) is 12.1 Å². The Kier molecular flexibility index (Phi) is 4.13. The van der Waals surface area contributed by atoms with Crippen LogP contribution in [0.5, 0.6) is 5.88 Å². The lowest BCUT2D eigenvalue weighted by Gasteiger charge is -2.27. The van der Waals surface area contributed by atoms with Gasteiger partial charge in [-0.15, -0.1) is 0 Å². The fourth-order valence-corrected chi connectivity index (χ4v) is 4.05. The SMILES string of the molecule is O=C1N(Cc2cc(F)cc(F)c2)CCN1c1ccc2c(n1)OCC1NNCC21. The second-order valence-corrected chi connectivity index (χ2v) is 7.25. The van der Waals surface area contributed by atoms with Gasteiger partial charge in [0.25, 0.3) is 0 Å². The van der Waals surface area contributed by atoms with Gasteiger partial charge in [0.2, 0.25) is 5.88 Å². The molecule has 146 valence electrons. The van der Waals surface area contributed by atoms with E-state index in [4.69, 9.17) is 4.74 Å². The number of ether oxygens (including phenoxy) is 1. The summed E-state index contributed by atoms with van der Waals surface area (Å²) in [6.45, 7) is 2.38. The number of nitrogens with zero attached hydrogens (tertiary/aromatic N) is 3. The number of nitrogens with one attached hydrogen (secondary N) is 2. The molecule has 1 aromatic carbocycles. The predicted octanol–water partition coefficient (Wildman–Crippen LogP) is 1.75. The highest BCUT2D eigenvalue weighted by Crippen LogP contribution is 2.35. The second-order valence-electron chi connectivity index (χ2n) is 7.25. The van der Waals surface area contributed by atoms with E-state index in [-0.39, 0.29) is 18.6 Å². The molecule has 0 bridgehead atoms. The summed E-state index contributed by atoms with van der Waals surface area (Å²) in [4.78, 5) is 20.5. The first kappa shape index (κ1) is 17.3. The summed E-state index contributed by atoms with van der Waals surface area (Å²) in [7, 11) is 0. The van der Waals surface area contributed by atoms with Gasteiger partial charge in [-0.25, -0.2) is 13.6 Å². The number of halogens is 2. The minimum Gasteiger partial charge on any atom is -0.476 e. The van der Waals surface area contributed by atoms with Gasteiger partial charge in [-0.05, 0) is 29.8 Å². The summed E-state index contributed by atoms with van der Waals surface area (Å²) >= 11 is 0. The Bertz CT molecular complexity index is 920. The molecule has 4 heterocycles. The minimum absolute atomic E-state index is 0.145. The van der Waals surface area contributed by atoms with Crippen LogP contribution in [0.3, 0.4) is 0 Å². The number of aromatic nitrogens is 1. The largest absolute Gasteiger partial charge is 0.476 e. The summed E-state index contributed by atoms with van der Waals surface area (Å²) in [6.07, 6.45) is 0. The van der Waals surface area contributed by atoms with Gasteiger partial charge >= 0.3 is 6.03 Å². The molecule has 3 aliphatic rings. The third kappa shape index (κ3) is 2.96. The van der Waals surface area contributed by atoms with E-state index in [1.165, 1.54) is 12.1 Å². The lowest BCUT2D eigenvalue weighted by atomic mass is 9.92. The van der Waals surface area contributed by atoms with Crippen LogP contribution in [0.4, 0.5) is 19.4 Å². The standard InChI is InChI=1S/C19H19F2N5O2/c20-12-5-11(6-13(21)7-12)9-25-3-4-26(19(25)27)17-2-1-14-15-8-22-24-16(15)10-28-18(14)23-17/h1-2,5-7,15-16,22,24H,3-4,8-10H2. The van der Waals surface area contributed by atoms with Crippen LogP contribution in [0.25, 0.3) is 0 Å². The van der Waals surface area contributed by atoms with E-state index >= 15 is 0 Å². The number of pyridine rings is 1. The van der Waals surface area contributed by atoms with Crippen LogP contribution in [-0.2, 0) is 6.54 Å². The maximum Gasteiger partial charge on any atom is 0.326 e. The number of amides is 2. The van der Waals surface area contributed by atoms with Crippen molar-refractivity contribution in [1.82, 2.24) is 20.7 Å². The fourth-order valence-electron chi connectivity index (χ4n) is 4.05. The van der Waals surface area contributed by atoms with Gasteiger partial charge in [-0.1, -0.05) is 0 Å². The van der Waals surface area contributed by atoms with Crippen LogP contribution in [-0.4, -0.2) is 48.2 Å². The van der Waals surface area contributed by atoms with Gasteiger partial charge in [0, 0.05) is 43.7 Å². The molecule has 2 N–H and O–H groups in total. The molecule has 2 aromatic rings. The summed E-state index contributed by atoms with van der Waals surface area (Å²) in [5.41, 5.74) is 7.76. The molecular weight excluding hydrogens is 368 g/mol. The number of urea groups is 1. The van der Waals surface area contributed by atoms with Crippen molar-refractivity contribution in [2.45, 2.75) is 18.5 Å². The van der Waals surface area contributed by atoms with Crippen molar-refractivity contribution in [3.8, 4) is 5.88 Å². The van der Waals surface area contributed by atoms with E-state index in [0.29, 0.717) is 42.9 Å². The molecule has 28 heavy (non-hydrogen) atoms. The first-order valence-electron chi connectivity index (χ1n) is 9.22. The monoisotopic (exact) mass is 387 g/mol. The van der Waals surface area contributed by atoms with Crippen molar-refractivity contribution in [1.29, 1.82) is 0 Å². The normalized spacial score (nSPS) is 23.6. The van der Waals surface area contributed by atoms with E-state index in [9.17, 15) is 13.6 Å². The van der Waals surface area contributed by atoms with Crippen LogP contribution >= 0.6 is 0 Å². The van der Waals surface area contributed by atoms with E-state index in [0.717, 1.165) is 18.2 Å². The smallest absolute Gasteiger partial charge is 0.326 e. The molecule has 0 aliphatic carbocycles. The average Bonchev–Trinajstić information content (AvgIpc) is 3.28. The highest BCUT2D eigenvalue weighted by atomic mass is 19.1. The van der Waals surface area contributed by atoms with E-state index in [1.54, 1.807) is 9.80 Å². The summed E-state index contributed by atoms with van der Waals surface area (Å²) < 4.78 is 32.6. The molecule has 0 spiro atoms. The number of benzene rings is 1. The average molecular weight is 387 g/mol. The summed E-state index contributed by atoms with van der Waals surface area (Å²) in [6, 6.07) is 7.06. The third-order valence-corrected chi connectivity index (χ3v) is 5.44. The number of hydrazine groups is 1. The van der Waals surface area contributed by atoms with Crippen LogP contribution < -0.4 is 20.5 Å². The number of fused-ring (bicyclic) bond motifs is 3. The second kappa shape index (κ2) is 6.68. The molecule has 2 amide bonds. The zero-order chi connectivity index (χ0) is 19.3. The quantitative estimate of drug-likeness (QED) is 0.840. The van der Waals surface area contributed by atoms with Crippen LogP contribution in [0.2, 0.25) is 0 Å². The Balaban J connectivity index is 1.34.